The lowest BCUT2D eigenvalue weighted by Crippen LogP contribution is -2.26. The Morgan fingerprint density at radius 1 is 1.36 bits per heavy atom. The Kier molecular flexibility index (Phi) is 3.37. The summed E-state index contributed by atoms with van der Waals surface area (Å²) >= 11 is 0. The third-order valence-electron chi connectivity index (χ3n) is 1.47. The van der Waals surface area contributed by atoms with Crippen molar-refractivity contribution in [2.45, 2.75) is 0 Å². The number of primary amides is 1. The van der Waals surface area contributed by atoms with E-state index in [1.807, 2.05) is 11.5 Å². The third kappa shape index (κ3) is 2.71. The highest BCUT2D eigenvalue weighted by Gasteiger charge is 2.00. The predicted molar refractivity (Wildman–Crippen MR) is 51.8 cm³/mol. The molecule has 0 aliphatic rings. The van der Waals surface area contributed by atoms with Crippen molar-refractivity contribution in [1.29, 1.82) is 0 Å². The molecule has 0 aliphatic carbocycles. The summed E-state index contributed by atoms with van der Waals surface area (Å²) in [5, 5.41) is 3.54. The van der Waals surface area contributed by atoms with E-state index in [-0.39, 0.29) is 5.71 Å². The van der Waals surface area contributed by atoms with E-state index >= 15 is 0 Å². The maximum atomic E-state index is 10.6. The zero-order chi connectivity index (χ0) is 10.4. The lowest BCUT2D eigenvalue weighted by molar-refractivity contribution is -0.102. The quantitative estimate of drug-likeness (QED) is 0.408. The Labute approximate surface area is 80.6 Å². The summed E-state index contributed by atoms with van der Waals surface area (Å²) in [5.41, 5.74) is 7.54. The van der Waals surface area contributed by atoms with Gasteiger partial charge in [-0.2, -0.15) is 5.10 Å². The van der Waals surface area contributed by atoms with Crippen LogP contribution in [0, 0.1) is 0 Å². The second-order valence-electron chi connectivity index (χ2n) is 2.46. The first-order valence-corrected chi connectivity index (χ1v) is 3.88. The number of nitrogens with two attached hydrogens (primary N) is 1. The summed E-state index contributed by atoms with van der Waals surface area (Å²) in [7, 11) is 0. The molecule has 2 amide bonds. The second kappa shape index (κ2) is 4.76. The van der Waals surface area contributed by atoms with Crippen LogP contribution in [-0.4, -0.2) is 18.0 Å². The van der Waals surface area contributed by atoms with Gasteiger partial charge in [-0.1, -0.05) is 30.3 Å². The molecule has 1 rings (SSSR count). The molecule has 5 nitrogen and oxygen atoms in total. The monoisotopic (exact) mass is 191 g/mol. The molecule has 0 aliphatic heterocycles. The Morgan fingerprint density at radius 3 is 2.50 bits per heavy atom. The Hall–Kier alpha value is -2.17. The highest BCUT2D eigenvalue weighted by Crippen LogP contribution is 1.98. The summed E-state index contributed by atoms with van der Waals surface area (Å²) in [5.74, 6) is 0. The average molecular weight is 191 g/mol. The van der Waals surface area contributed by atoms with Crippen molar-refractivity contribution in [2.75, 3.05) is 0 Å². The van der Waals surface area contributed by atoms with Crippen molar-refractivity contribution < 1.29 is 9.59 Å². The molecule has 0 unspecified atom stereocenters. The third-order valence-corrected chi connectivity index (χ3v) is 1.47. The van der Waals surface area contributed by atoms with Gasteiger partial charge in [-0.3, -0.25) is 4.79 Å². The van der Waals surface area contributed by atoms with E-state index in [0.29, 0.717) is 11.8 Å². The maximum Gasteiger partial charge on any atom is 0.332 e. The molecule has 3 N–H and O–H groups in total. The fourth-order valence-electron chi connectivity index (χ4n) is 0.883. The maximum absolute atomic E-state index is 10.6. The number of amides is 2. The second-order valence-corrected chi connectivity index (χ2v) is 2.46. The van der Waals surface area contributed by atoms with Gasteiger partial charge in [0.1, 0.15) is 5.71 Å². The van der Waals surface area contributed by atoms with Crippen LogP contribution >= 0.6 is 0 Å². The number of nitrogens with one attached hydrogen (secondary N) is 1. The summed E-state index contributed by atoms with van der Waals surface area (Å²) in [6, 6.07) is 7.94. The molecule has 1 aromatic rings. The Balaban J connectivity index is 2.87. The molecule has 14 heavy (non-hydrogen) atoms. The van der Waals surface area contributed by atoms with Gasteiger partial charge in [-0.05, 0) is 0 Å². The van der Waals surface area contributed by atoms with Crippen molar-refractivity contribution in [1.82, 2.24) is 5.43 Å². The van der Waals surface area contributed by atoms with Gasteiger partial charge in [-0.15, -0.1) is 0 Å². The average Bonchev–Trinajstić information content (AvgIpc) is 2.20. The van der Waals surface area contributed by atoms with Crippen molar-refractivity contribution in [3.8, 4) is 0 Å². The van der Waals surface area contributed by atoms with E-state index < -0.39 is 6.03 Å². The van der Waals surface area contributed by atoms with Crippen LogP contribution in [0.5, 0.6) is 0 Å². The number of urea groups is 1. The molecule has 0 fully saturated rings. The largest absolute Gasteiger partial charge is 0.350 e. The summed E-state index contributed by atoms with van der Waals surface area (Å²) in [6.07, 6.45) is 0.547. The fourth-order valence-corrected chi connectivity index (χ4v) is 0.883. The Morgan fingerprint density at radius 2 is 2.00 bits per heavy atom. The minimum atomic E-state index is -0.805. The van der Waals surface area contributed by atoms with Crippen LogP contribution in [0.4, 0.5) is 4.79 Å². The first kappa shape index (κ1) is 9.91. The molecule has 0 atom stereocenters. The molecular formula is C9H9N3O2. The van der Waals surface area contributed by atoms with E-state index in [2.05, 4.69) is 5.10 Å². The van der Waals surface area contributed by atoms with Crippen LogP contribution in [0.3, 0.4) is 0 Å². The molecule has 0 spiro atoms. The Bertz CT molecular complexity index is 360. The van der Waals surface area contributed by atoms with Crippen LogP contribution in [0.1, 0.15) is 5.56 Å². The number of hydrazone groups is 1. The van der Waals surface area contributed by atoms with E-state index in [9.17, 15) is 9.59 Å². The van der Waals surface area contributed by atoms with Gasteiger partial charge in [0.15, 0.2) is 6.29 Å². The zero-order valence-electron chi connectivity index (χ0n) is 7.31. The number of rotatable bonds is 3. The van der Waals surface area contributed by atoms with Crippen LogP contribution in [-0.2, 0) is 4.79 Å². The van der Waals surface area contributed by atoms with E-state index in [0.717, 1.165) is 0 Å². The van der Waals surface area contributed by atoms with Gasteiger partial charge in [0.2, 0.25) is 0 Å². The highest BCUT2D eigenvalue weighted by atomic mass is 16.2. The van der Waals surface area contributed by atoms with Crippen molar-refractivity contribution in [3.05, 3.63) is 35.9 Å². The highest BCUT2D eigenvalue weighted by molar-refractivity contribution is 6.36. The van der Waals surface area contributed by atoms with Gasteiger partial charge < -0.3 is 5.73 Å². The van der Waals surface area contributed by atoms with Crippen molar-refractivity contribution >= 4 is 18.0 Å². The van der Waals surface area contributed by atoms with Crippen LogP contribution in [0.2, 0.25) is 0 Å². The van der Waals surface area contributed by atoms with Gasteiger partial charge in [0.25, 0.3) is 0 Å². The molecule has 0 saturated heterocycles. The van der Waals surface area contributed by atoms with E-state index in [4.69, 9.17) is 5.73 Å². The number of benzene rings is 1. The van der Waals surface area contributed by atoms with Gasteiger partial charge >= 0.3 is 6.03 Å². The van der Waals surface area contributed by atoms with Crippen molar-refractivity contribution in [3.63, 3.8) is 0 Å². The molecule has 72 valence electrons. The van der Waals surface area contributed by atoms with Crippen LogP contribution in [0.15, 0.2) is 35.4 Å². The lowest BCUT2D eigenvalue weighted by Gasteiger charge is -1.98. The van der Waals surface area contributed by atoms with Crippen molar-refractivity contribution in [2.24, 2.45) is 10.8 Å². The number of nitrogens with zero attached hydrogens (tertiary/aromatic N) is 1. The lowest BCUT2D eigenvalue weighted by atomic mass is 10.1. The molecule has 0 saturated carbocycles. The number of aldehydes is 1. The summed E-state index contributed by atoms with van der Waals surface area (Å²) in [4.78, 5) is 20.9. The molecule has 1 aromatic carbocycles. The smallest absolute Gasteiger partial charge is 0.332 e. The number of hydrogen-bond donors (Lipinski definition) is 2. The first-order valence-electron chi connectivity index (χ1n) is 3.88. The fraction of sp³-hybridized carbons (Fsp3) is 0. The predicted octanol–water partition coefficient (Wildman–Crippen LogP) is 0.258. The molecule has 0 heterocycles. The first-order chi connectivity index (χ1) is 6.74. The number of hydrogen-bond acceptors (Lipinski definition) is 3. The van der Waals surface area contributed by atoms with E-state index in [1.54, 1.807) is 24.3 Å². The molecule has 0 aromatic heterocycles. The number of carbonyl (C=O) groups is 2. The minimum absolute atomic E-state index is 0.129. The number of carbonyl (C=O) groups excluding carboxylic acids is 2. The summed E-state index contributed by atoms with van der Waals surface area (Å²) < 4.78 is 0. The molecule has 0 radical (unpaired) electrons. The summed E-state index contributed by atoms with van der Waals surface area (Å²) in [6.45, 7) is 0. The van der Waals surface area contributed by atoms with E-state index in [1.165, 1.54) is 0 Å². The zero-order valence-corrected chi connectivity index (χ0v) is 7.31. The van der Waals surface area contributed by atoms with Gasteiger partial charge in [0, 0.05) is 5.56 Å². The molecule has 0 bridgehead atoms. The van der Waals surface area contributed by atoms with Crippen LogP contribution in [0.25, 0.3) is 0 Å². The molecule has 5 heteroatoms. The topological polar surface area (TPSA) is 84.6 Å². The molecular weight excluding hydrogens is 182 g/mol. The SMILES string of the molecule is NC(=O)N/N=C(/C=O)c1ccccc1. The van der Waals surface area contributed by atoms with Gasteiger partial charge in [-0.25, -0.2) is 10.2 Å². The normalized spacial score (nSPS) is 10.7. The van der Waals surface area contributed by atoms with Gasteiger partial charge in [0.05, 0.1) is 0 Å². The standard InChI is InChI=1S/C9H9N3O2/c10-9(14)12-11-8(6-13)7-4-2-1-3-5-7/h1-6H,(H3,10,12,14)/b11-8-. The minimum Gasteiger partial charge on any atom is -0.350 e. The van der Waals surface area contributed by atoms with Crippen LogP contribution < -0.4 is 11.2 Å².